The Kier molecular flexibility index (Phi) is 3.90. The second-order valence-electron chi connectivity index (χ2n) is 4.91. The Balaban J connectivity index is 2.36. The van der Waals surface area contributed by atoms with Gasteiger partial charge in [0, 0.05) is 12.1 Å². The summed E-state index contributed by atoms with van der Waals surface area (Å²) in [6.07, 6.45) is 3.44. The Bertz CT molecular complexity index is 599. The molecule has 1 aliphatic carbocycles. The van der Waals surface area contributed by atoms with Gasteiger partial charge in [-0.1, -0.05) is 25.0 Å². The molecule has 1 saturated carbocycles. The van der Waals surface area contributed by atoms with Crippen molar-refractivity contribution in [3.63, 3.8) is 0 Å². The van der Waals surface area contributed by atoms with Crippen molar-refractivity contribution in [2.24, 2.45) is 5.73 Å². The van der Waals surface area contributed by atoms with E-state index in [1.807, 2.05) is 6.07 Å². The molecule has 102 valence electrons. The van der Waals surface area contributed by atoms with Crippen LogP contribution >= 0.6 is 0 Å². The third-order valence-corrected chi connectivity index (χ3v) is 5.24. The first-order valence-corrected chi connectivity index (χ1v) is 7.74. The number of rotatable bonds is 4. The lowest BCUT2D eigenvalue weighted by Crippen LogP contribution is -2.51. The minimum atomic E-state index is -3.71. The maximum Gasteiger partial charge on any atom is 0.242 e. The lowest BCUT2D eigenvalue weighted by Gasteiger charge is -2.28. The van der Waals surface area contributed by atoms with E-state index in [0.29, 0.717) is 0 Å². The summed E-state index contributed by atoms with van der Waals surface area (Å²) in [5, 5.41) is 9.00. The largest absolute Gasteiger partial charge is 0.329 e. The molecule has 0 amide bonds. The highest BCUT2D eigenvalue weighted by Crippen LogP contribution is 2.30. The fourth-order valence-corrected chi connectivity index (χ4v) is 4.16. The SMILES string of the molecule is N#Cc1ccccc1S(=O)(=O)NC1(CN)CCCC1. The monoisotopic (exact) mass is 279 g/mol. The molecule has 3 N–H and O–H groups in total. The first kappa shape index (κ1) is 14.0. The average molecular weight is 279 g/mol. The van der Waals surface area contributed by atoms with E-state index >= 15 is 0 Å². The van der Waals surface area contributed by atoms with Crippen LogP contribution in [0.1, 0.15) is 31.2 Å². The van der Waals surface area contributed by atoms with Crippen LogP contribution in [0.4, 0.5) is 0 Å². The number of nitrogens with two attached hydrogens (primary N) is 1. The van der Waals surface area contributed by atoms with Gasteiger partial charge in [0.2, 0.25) is 10.0 Å². The Morgan fingerprint density at radius 1 is 1.32 bits per heavy atom. The molecular formula is C13H17N3O2S. The van der Waals surface area contributed by atoms with Crippen molar-refractivity contribution in [1.82, 2.24) is 4.72 Å². The van der Waals surface area contributed by atoms with Crippen LogP contribution in [0.25, 0.3) is 0 Å². The summed E-state index contributed by atoms with van der Waals surface area (Å²) in [4.78, 5) is 0.0252. The maximum absolute atomic E-state index is 12.4. The molecule has 5 nitrogen and oxygen atoms in total. The highest BCUT2D eigenvalue weighted by atomic mass is 32.2. The molecule has 0 atom stereocenters. The van der Waals surface area contributed by atoms with Crippen molar-refractivity contribution >= 4 is 10.0 Å². The second kappa shape index (κ2) is 5.29. The molecule has 0 aliphatic heterocycles. The van der Waals surface area contributed by atoms with Crippen LogP contribution in [-0.4, -0.2) is 20.5 Å². The lowest BCUT2D eigenvalue weighted by atomic mass is 10.0. The van der Waals surface area contributed by atoms with Crippen molar-refractivity contribution in [3.05, 3.63) is 29.8 Å². The van der Waals surface area contributed by atoms with Gasteiger partial charge in [0.05, 0.1) is 10.5 Å². The highest BCUT2D eigenvalue weighted by molar-refractivity contribution is 7.89. The topological polar surface area (TPSA) is 96.0 Å². The molecule has 1 aromatic rings. The molecule has 0 spiro atoms. The zero-order valence-electron chi connectivity index (χ0n) is 10.6. The predicted molar refractivity (Wildman–Crippen MR) is 71.7 cm³/mol. The van der Waals surface area contributed by atoms with Gasteiger partial charge < -0.3 is 5.73 Å². The molecule has 19 heavy (non-hydrogen) atoms. The summed E-state index contributed by atoms with van der Waals surface area (Å²) in [6.45, 7) is 0.279. The van der Waals surface area contributed by atoms with Crippen LogP contribution in [0.5, 0.6) is 0 Å². The van der Waals surface area contributed by atoms with Crippen molar-refractivity contribution in [1.29, 1.82) is 5.26 Å². The molecule has 0 bridgehead atoms. The fourth-order valence-electron chi connectivity index (χ4n) is 2.53. The van der Waals surface area contributed by atoms with Crippen molar-refractivity contribution in [2.75, 3.05) is 6.54 Å². The van der Waals surface area contributed by atoms with Crippen LogP contribution in [0.15, 0.2) is 29.2 Å². The summed E-state index contributed by atoms with van der Waals surface area (Å²) in [7, 11) is -3.71. The number of nitriles is 1. The molecule has 0 saturated heterocycles. The van der Waals surface area contributed by atoms with E-state index in [-0.39, 0.29) is 17.0 Å². The van der Waals surface area contributed by atoms with Crippen molar-refractivity contribution < 1.29 is 8.42 Å². The predicted octanol–water partition coefficient (Wildman–Crippen LogP) is 1.11. The zero-order valence-corrected chi connectivity index (χ0v) is 11.4. The summed E-state index contributed by atoms with van der Waals surface area (Å²) in [5.74, 6) is 0. The number of nitrogens with zero attached hydrogens (tertiary/aromatic N) is 1. The van der Waals surface area contributed by atoms with E-state index in [2.05, 4.69) is 4.72 Å². The van der Waals surface area contributed by atoms with E-state index in [1.54, 1.807) is 12.1 Å². The first-order chi connectivity index (χ1) is 9.03. The number of sulfonamides is 1. The molecule has 2 rings (SSSR count). The summed E-state index contributed by atoms with van der Waals surface area (Å²) < 4.78 is 27.5. The zero-order chi connectivity index (χ0) is 13.9. The third kappa shape index (κ3) is 2.78. The number of nitrogens with one attached hydrogen (secondary N) is 1. The third-order valence-electron chi connectivity index (χ3n) is 3.60. The normalized spacial score (nSPS) is 18.1. The highest BCUT2D eigenvalue weighted by Gasteiger charge is 2.37. The molecule has 0 aromatic heterocycles. The Morgan fingerprint density at radius 2 is 1.95 bits per heavy atom. The van der Waals surface area contributed by atoms with E-state index in [1.165, 1.54) is 12.1 Å². The Hall–Kier alpha value is -1.42. The lowest BCUT2D eigenvalue weighted by molar-refractivity contribution is 0.399. The summed E-state index contributed by atoms with van der Waals surface area (Å²) >= 11 is 0. The molecule has 0 heterocycles. The second-order valence-corrected chi connectivity index (χ2v) is 6.56. The minimum absolute atomic E-state index is 0.0252. The van der Waals surface area contributed by atoms with Gasteiger partial charge >= 0.3 is 0 Å². The van der Waals surface area contributed by atoms with Gasteiger partial charge in [0.25, 0.3) is 0 Å². The van der Waals surface area contributed by atoms with E-state index in [9.17, 15) is 8.42 Å². The van der Waals surface area contributed by atoms with Gasteiger partial charge in [0.15, 0.2) is 0 Å². The number of hydrogen-bond donors (Lipinski definition) is 2. The molecule has 1 aromatic carbocycles. The smallest absolute Gasteiger partial charge is 0.242 e. The van der Waals surface area contributed by atoms with Crippen LogP contribution in [0.2, 0.25) is 0 Å². The molecule has 6 heteroatoms. The molecular weight excluding hydrogens is 262 g/mol. The van der Waals surface area contributed by atoms with E-state index in [0.717, 1.165) is 25.7 Å². The van der Waals surface area contributed by atoms with E-state index < -0.39 is 15.6 Å². The van der Waals surface area contributed by atoms with Crippen LogP contribution < -0.4 is 10.5 Å². The summed E-state index contributed by atoms with van der Waals surface area (Å²) in [5.41, 5.74) is 5.33. The molecule has 1 fully saturated rings. The van der Waals surface area contributed by atoms with Crippen LogP contribution in [-0.2, 0) is 10.0 Å². The number of hydrogen-bond acceptors (Lipinski definition) is 4. The van der Waals surface area contributed by atoms with Crippen LogP contribution in [0, 0.1) is 11.3 Å². The maximum atomic E-state index is 12.4. The molecule has 1 aliphatic rings. The van der Waals surface area contributed by atoms with Gasteiger partial charge in [-0.15, -0.1) is 0 Å². The minimum Gasteiger partial charge on any atom is -0.329 e. The van der Waals surface area contributed by atoms with E-state index in [4.69, 9.17) is 11.0 Å². The standard InChI is InChI=1S/C13H17N3O2S/c14-9-11-5-1-2-6-12(11)19(17,18)16-13(10-15)7-3-4-8-13/h1-2,5-6,16H,3-4,7-8,10,15H2. The van der Waals surface area contributed by atoms with Crippen molar-refractivity contribution in [3.8, 4) is 6.07 Å². The van der Waals surface area contributed by atoms with Crippen molar-refractivity contribution in [2.45, 2.75) is 36.1 Å². The van der Waals surface area contributed by atoms with Gasteiger partial charge in [0.1, 0.15) is 6.07 Å². The molecule has 0 radical (unpaired) electrons. The number of benzene rings is 1. The van der Waals surface area contributed by atoms with Gasteiger partial charge in [-0.3, -0.25) is 0 Å². The molecule has 0 unspecified atom stereocenters. The summed E-state index contributed by atoms with van der Waals surface area (Å²) in [6, 6.07) is 8.10. The Morgan fingerprint density at radius 3 is 2.53 bits per heavy atom. The fraction of sp³-hybridized carbons (Fsp3) is 0.462. The first-order valence-electron chi connectivity index (χ1n) is 6.26. The van der Waals surface area contributed by atoms with Gasteiger partial charge in [-0.2, -0.15) is 5.26 Å². The quantitative estimate of drug-likeness (QED) is 0.862. The Labute approximate surface area is 113 Å². The van der Waals surface area contributed by atoms with Gasteiger partial charge in [-0.05, 0) is 25.0 Å². The van der Waals surface area contributed by atoms with Gasteiger partial charge in [-0.25, -0.2) is 13.1 Å². The van der Waals surface area contributed by atoms with Crippen LogP contribution in [0.3, 0.4) is 0 Å². The average Bonchev–Trinajstić information content (AvgIpc) is 2.87.